The third-order valence-corrected chi connectivity index (χ3v) is 2.28. The Labute approximate surface area is 98.4 Å². The maximum absolute atomic E-state index is 11.1. The first-order valence-electron chi connectivity index (χ1n) is 5.27. The van der Waals surface area contributed by atoms with Crippen LogP contribution in [0.25, 0.3) is 10.8 Å². The van der Waals surface area contributed by atoms with Crippen molar-refractivity contribution < 1.29 is 19.4 Å². The van der Waals surface area contributed by atoms with E-state index in [1.54, 1.807) is 19.1 Å². The van der Waals surface area contributed by atoms with Crippen molar-refractivity contribution in [3.63, 3.8) is 0 Å². The van der Waals surface area contributed by atoms with Gasteiger partial charge in [0.2, 0.25) is 0 Å². The van der Waals surface area contributed by atoms with Gasteiger partial charge < -0.3 is 14.6 Å². The summed E-state index contributed by atoms with van der Waals surface area (Å²) in [5.41, 5.74) is 0. The van der Waals surface area contributed by atoms with Gasteiger partial charge in [-0.25, -0.2) is 4.79 Å². The van der Waals surface area contributed by atoms with E-state index in [0.29, 0.717) is 5.39 Å². The second-order valence-electron chi connectivity index (χ2n) is 3.45. The second-order valence-corrected chi connectivity index (χ2v) is 3.45. The number of aromatic hydroxyl groups is 1. The Morgan fingerprint density at radius 2 is 2.06 bits per heavy atom. The second kappa shape index (κ2) is 4.74. The summed E-state index contributed by atoms with van der Waals surface area (Å²) in [6, 6.07) is 10.3. The zero-order chi connectivity index (χ0) is 12.3. The Morgan fingerprint density at radius 3 is 2.82 bits per heavy atom. The molecule has 88 valence electrons. The summed E-state index contributed by atoms with van der Waals surface area (Å²) in [4.78, 5) is 11.1. The van der Waals surface area contributed by atoms with E-state index in [1.807, 2.05) is 18.2 Å². The van der Waals surface area contributed by atoms with Gasteiger partial charge in [0.1, 0.15) is 11.5 Å². The Bertz CT molecular complexity index is 548. The average molecular weight is 232 g/mol. The van der Waals surface area contributed by atoms with Crippen LogP contribution >= 0.6 is 0 Å². The van der Waals surface area contributed by atoms with Crippen molar-refractivity contribution in [1.82, 2.24) is 0 Å². The van der Waals surface area contributed by atoms with Crippen LogP contribution in [0, 0.1) is 0 Å². The van der Waals surface area contributed by atoms with Gasteiger partial charge in [0.15, 0.2) is 0 Å². The third-order valence-electron chi connectivity index (χ3n) is 2.28. The van der Waals surface area contributed by atoms with E-state index < -0.39 is 6.16 Å². The van der Waals surface area contributed by atoms with E-state index >= 15 is 0 Å². The summed E-state index contributed by atoms with van der Waals surface area (Å²) in [6.45, 7) is 1.94. The predicted octanol–water partition coefficient (Wildman–Crippen LogP) is 3.08. The normalized spacial score (nSPS) is 10.2. The number of carbonyl (C=O) groups excluding carboxylic acids is 1. The minimum atomic E-state index is -0.776. The van der Waals surface area contributed by atoms with Crippen LogP contribution in [0.1, 0.15) is 6.92 Å². The number of phenolic OH excluding ortho intramolecular Hbond substituents is 1. The van der Waals surface area contributed by atoms with Gasteiger partial charge in [-0.05, 0) is 18.4 Å². The van der Waals surface area contributed by atoms with Gasteiger partial charge in [-0.2, -0.15) is 0 Å². The molecule has 2 rings (SSSR count). The van der Waals surface area contributed by atoms with E-state index in [-0.39, 0.29) is 18.1 Å². The van der Waals surface area contributed by atoms with Crippen molar-refractivity contribution >= 4 is 16.9 Å². The zero-order valence-electron chi connectivity index (χ0n) is 9.34. The molecule has 0 amide bonds. The first kappa shape index (κ1) is 11.3. The molecule has 17 heavy (non-hydrogen) atoms. The van der Waals surface area contributed by atoms with Gasteiger partial charge in [-0.15, -0.1) is 0 Å². The molecule has 2 aromatic rings. The fourth-order valence-corrected chi connectivity index (χ4v) is 1.57. The van der Waals surface area contributed by atoms with E-state index in [9.17, 15) is 9.90 Å². The summed E-state index contributed by atoms with van der Waals surface area (Å²) < 4.78 is 9.58. The average Bonchev–Trinajstić information content (AvgIpc) is 2.29. The van der Waals surface area contributed by atoms with Crippen molar-refractivity contribution in [2.24, 2.45) is 0 Å². The Hall–Kier alpha value is -2.23. The molecule has 0 radical (unpaired) electrons. The highest BCUT2D eigenvalue weighted by Gasteiger charge is 2.08. The summed E-state index contributed by atoms with van der Waals surface area (Å²) in [5.74, 6) is 0.335. The largest absolute Gasteiger partial charge is 0.513 e. The van der Waals surface area contributed by atoms with Crippen molar-refractivity contribution in [1.29, 1.82) is 0 Å². The van der Waals surface area contributed by atoms with E-state index in [0.717, 1.165) is 5.39 Å². The molecule has 0 saturated heterocycles. The zero-order valence-corrected chi connectivity index (χ0v) is 9.34. The van der Waals surface area contributed by atoms with Crippen LogP contribution in [0.3, 0.4) is 0 Å². The number of fused-ring (bicyclic) bond motifs is 1. The lowest BCUT2D eigenvalue weighted by atomic mass is 10.1. The van der Waals surface area contributed by atoms with Gasteiger partial charge >= 0.3 is 6.16 Å². The molecule has 0 heterocycles. The maximum atomic E-state index is 11.1. The molecular formula is C13H12O4. The monoisotopic (exact) mass is 232 g/mol. The summed E-state index contributed by atoms with van der Waals surface area (Å²) in [5, 5.41) is 11.3. The van der Waals surface area contributed by atoms with Crippen LogP contribution in [0.15, 0.2) is 36.4 Å². The van der Waals surface area contributed by atoms with E-state index in [1.165, 1.54) is 6.07 Å². The molecule has 0 saturated carbocycles. The Kier molecular flexibility index (Phi) is 3.14. The fourth-order valence-electron chi connectivity index (χ4n) is 1.57. The number of carbonyl (C=O) groups is 1. The van der Waals surface area contributed by atoms with Gasteiger partial charge in [0.25, 0.3) is 0 Å². The molecule has 0 aliphatic heterocycles. The number of hydrogen-bond acceptors (Lipinski definition) is 4. The summed E-state index contributed by atoms with van der Waals surface area (Å²) in [7, 11) is 0. The molecular weight excluding hydrogens is 220 g/mol. The molecule has 0 aliphatic carbocycles. The van der Waals surface area contributed by atoms with E-state index in [4.69, 9.17) is 4.74 Å². The van der Waals surface area contributed by atoms with Crippen molar-refractivity contribution in [3.05, 3.63) is 36.4 Å². The Balaban J connectivity index is 2.33. The topological polar surface area (TPSA) is 55.8 Å². The minimum Gasteiger partial charge on any atom is -0.507 e. The molecule has 2 aromatic carbocycles. The van der Waals surface area contributed by atoms with Gasteiger partial charge in [-0.3, -0.25) is 0 Å². The van der Waals surface area contributed by atoms with Gasteiger partial charge in [0.05, 0.1) is 6.61 Å². The minimum absolute atomic E-state index is 0.0717. The highest BCUT2D eigenvalue weighted by molar-refractivity contribution is 5.89. The van der Waals surface area contributed by atoms with Gasteiger partial charge in [-0.1, -0.05) is 24.3 Å². The van der Waals surface area contributed by atoms with Crippen LogP contribution in [-0.4, -0.2) is 17.9 Å². The first-order valence-corrected chi connectivity index (χ1v) is 5.27. The van der Waals surface area contributed by atoms with Crippen LogP contribution in [0.5, 0.6) is 11.5 Å². The van der Waals surface area contributed by atoms with Crippen LogP contribution in [0.4, 0.5) is 4.79 Å². The van der Waals surface area contributed by atoms with Crippen molar-refractivity contribution in [2.45, 2.75) is 6.92 Å². The number of rotatable bonds is 2. The lowest BCUT2D eigenvalue weighted by molar-refractivity contribution is 0.104. The van der Waals surface area contributed by atoms with Crippen LogP contribution < -0.4 is 4.74 Å². The summed E-state index contributed by atoms with van der Waals surface area (Å²) in [6.07, 6.45) is -0.776. The highest BCUT2D eigenvalue weighted by Crippen LogP contribution is 2.30. The van der Waals surface area contributed by atoms with Crippen molar-refractivity contribution in [3.8, 4) is 11.5 Å². The molecule has 4 heteroatoms. The maximum Gasteiger partial charge on any atom is 0.513 e. The first-order chi connectivity index (χ1) is 8.20. The van der Waals surface area contributed by atoms with Crippen LogP contribution in [0.2, 0.25) is 0 Å². The molecule has 0 spiro atoms. The smallest absolute Gasteiger partial charge is 0.507 e. The summed E-state index contributed by atoms with van der Waals surface area (Å²) >= 11 is 0. The third kappa shape index (κ3) is 2.47. The number of hydrogen-bond donors (Lipinski definition) is 1. The Morgan fingerprint density at radius 1 is 1.29 bits per heavy atom. The van der Waals surface area contributed by atoms with Crippen molar-refractivity contribution in [2.75, 3.05) is 6.61 Å². The molecule has 0 aliphatic rings. The SMILES string of the molecule is CCOC(=O)Oc1cc(O)c2ccccc2c1. The standard InChI is InChI=1S/C13H12O4/c1-2-16-13(15)17-10-7-9-5-3-4-6-11(9)12(14)8-10/h3-8,14H,2H2,1H3. The predicted molar refractivity (Wildman–Crippen MR) is 63.3 cm³/mol. The molecule has 0 atom stereocenters. The quantitative estimate of drug-likeness (QED) is 0.638. The molecule has 0 unspecified atom stereocenters. The molecule has 0 aromatic heterocycles. The molecule has 0 bridgehead atoms. The van der Waals surface area contributed by atoms with Gasteiger partial charge in [0, 0.05) is 11.5 Å². The van der Waals surface area contributed by atoms with Crippen LogP contribution in [-0.2, 0) is 4.74 Å². The lowest BCUT2D eigenvalue weighted by Crippen LogP contribution is -2.09. The molecule has 0 fully saturated rings. The highest BCUT2D eigenvalue weighted by atomic mass is 16.7. The number of phenols is 1. The lowest BCUT2D eigenvalue weighted by Gasteiger charge is -2.06. The molecule has 1 N–H and O–H groups in total. The molecule has 4 nitrogen and oxygen atoms in total. The van der Waals surface area contributed by atoms with E-state index in [2.05, 4.69) is 4.74 Å². The fraction of sp³-hybridized carbons (Fsp3) is 0.154. The number of ether oxygens (including phenoxy) is 2. The number of benzene rings is 2.